The SMILES string of the molecule is [2H]C1([2H])C([2H])([2H])C([2H])([2H])C2(C[C@](CCCCc3sccc3OC)(c3ccccn3)CCO2)C1([2H])[2H]. The lowest BCUT2D eigenvalue weighted by Crippen LogP contribution is -2.46. The fourth-order valence-corrected chi connectivity index (χ4v) is 5.06. The smallest absolute Gasteiger partial charge is 0.132 e. The van der Waals surface area contributed by atoms with E-state index in [1.54, 1.807) is 30.7 Å². The summed E-state index contributed by atoms with van der Waals surface area (Å²) in [5.74, 6) is 0.858. The summed E-state index contributed by atoms with van der Waals surface area (Å²) in [7, 11) is 1.64. The molecule has 0 N–H and O–H groups in total. The number of hydrogen-bond acceptors (Lipinski definition) is 4. The molecule has 3 nitrogen and oxygen atoms in total. The van der Waals surface area contributed by atoms with E-state index in [-0.39, 0.29) is 13.0 Å². The highest BCUT2D eigenvalue weighted by molar-refractivity contribution is 7.10. The number of ether oxygens (including phenoxy) is 2. The van der Waals surface area contributed by atoms with Crippen LogP contribution in [-0.2, 0) is 16.6 Å². The van der Waals surface area contributed by atoms with Gasteiger partial charge < -0.3 is 9.47 Å². The standard InChI is InChI=1S/C23H31NO2S/c1-25-19-10-17-27-20(19)8-2-4-11-22(21-9-3-7-15-24-21)14-16-26-23(18-22)12-5-6-13-23/h3,7,9-10,15,17H,2,4-6,8,11-14,16,18H2,1H3/t22-/m1/s1/i5D2,6D2,12D2,13D2. The molecule has 0 aromatic carbocycles. The molecular weight excluding hydrogens is 354 g/mol. The van der Waals surface area contributed by atoms with Crippen LogP contribution in [0.1, 0.15) is 79.1 Å². The van der Waals surface area contributed by atoms with Gasteiger partial charge in [0.15, 0.2) is 0 Å². The molecule has 4 heteroatoms. The molecule has 1 atom stereocenters. The number of aryl methyl sites for hydroxylation is 1. The highest BCUT2D eigenvalue weighted by Crippen LogP contribution is 2.50. The molecule has 2 aliphatic rings. The zero-order valence-electron chi connectivity index (χ0n) is 23.6. The monoisotopic (exact) mass is 393 g/mol. The first-order valence-electron chi connectivity index (χ1n) is 13.5. The number of aromatic nitrogens is 1. The second-order valence-electron chi connectivity index (χ2n) is 7.22. The van der Waals surface area contributed by atoms with Crippen LogP contribution < -0.4 is 4.74 Å². The Morgan fingerprint density at radius 2 is 2.15 bits per heavy atom. The van der Waals surface area contributed by atoms with Gasteiger partial charge in [0.2, 0.25) is 0 Å². The Bertz CT molecular complexity index is 1020. The lowest BCUT2D eigenvalue weighted by atomic mass is 9.67. The van der Waals surface area contributed by atoms with Crippen molar-refractivity contribution >= 4 is 11.3 Å². The minimum absolute atomic E-state index is 0.0134. The van der Waals surface area contributed by atoms with Crippen molar-refractivity contribution in [3.63, 3.8) is 0 Å². The van der Waals surface area contributed by atoms with Crippen molar-refractivity contribution in [2.24, 2.45) is 0 Å². The quantitative estimate of drug-likeness (QED) is 0.547. The van der Waals surface area contributed by atoms with Crippen molar-refractivity contribution in [2.75, 3.05) is 13.7 Å². The Hall–Kier alpha value is -1.39. The molecular formula is C23H31NO2S. The summed E-state index contributed by atoms with van der Waals surface area (Å²) in [6.07, 6.45) is -7.11. The lowest BCUT2D eigenvalue weighted by molar-refractivity contribution is -0.104. The maximum absolute atomic E-state index is 8.69. The van der Waals surface area contributed by atoms with Gasteiger partial charge in [-0.05, 0) is 68.4 Å². The van der Waals surface area contributed by atoms with Crippen LogP contribution in [0.2, 0.25) is 0 Å². The molecule has 1 aliphatic heterocycles. The molecule has 0 radical (unpaired) electrons. The summed E-state index contributed by atoms with van der Waals surface area (Å²) in [6, 6.07) is 7.38. The molecule has 1 aliphatic carbocycles. The molecule has 1 saturated heterocycles. The zero-order chi connectivity index (χ0) is 25.8. The van der Waals surface area contributed by atoms with Crippen LogP contribution in [0.5, 0.6) is 5.75 Å². The number of hydrogen-bond donors (Lipinski definition) is 0. The number of unbranched alkanes of at least 4 members (excludes halogenated alkanes) is 1. The third-order valence-corrected chi connectivity index (χ3v) is 6.51. The van der Waals surface area contributed by atoms with Crippen LogP contribution in [0.4, 0.5) is 0 Å². The molecule has 27 heavy (non-hydrogen) atoms. The highest BCUT2D eigenvalue weighted by atomic mass is 32.1. The second-order valence-corrected chi connectivity index (χ2v) is 8.22. The Labute approximate surface area is 178 Å². The van der Waals surface area contributed by atoms with Gasteiger partial charge in [0.05, 0.1) is 12.7 Å². The maximum Gasteiger partial charge on any atom is 0.132 e. The summed E-state index contributed by atoms with van der Waals surface area (Å²) in [4.78, 5) is 5.69. The summed E-state index contributed by atoms with van der Waals surface area (Å²) < 4.78 is 79.2. The third-order valence-electron chi connectivity index (χ3n) is 5.55. The fourth-order valence-electron chi connectivity index (χ4n) is 4.17. The van der Waals surface area contributed by atoms with Crippen LogP contribution in [0, 0.1) is 0 Å². The van der Waals surface area contributed by atoms with Crippen molar-refractivity contribution in [3.8, 4) is 5.75 Å². The molecule has 3 heterocycles. The van der Waals surface area contributed by atoms with Crippen LogP contribution in [0.25, 0.3) is 0 Å². The van der Waals surface area contributed by atoms with Gasteiger partial charge in [0, 0.05) is 39.8 Å². The first kappa shape index (κ1) is 11.6. The van der Waals surface area contributed by atoms with E-state index in [1.807, 2.05) is 23.6 Å². The summed E-state index contributed by atoms with van der Waals surface area (Å²) in [5, 5.41) is 1.98. The average molecular weight is 394 g/mol. The maximum atomic E-state index is 8.69. The zero-order valence-corrected chi connectivity index (χ0v) is 16.4. The minimum Gasteiger partial charge on any atom is -0.496 e. The minimum atomic E-state index is -3.09. The Kier molecular flexibility index (Phi) is 3.57. The molecule has 0 bridgehead atoms. The predicted molar refractivity (Wildman–Crippen MR) is 111 cm³/mol. The number of rotatable bonds is 7. The van der Waals surface area contributed by atoms with E-state index in [4.69, 9.17) is 20.4 Å². The van der Waals surface area contributed by atoms with Crippen LogP contribution >= 0.6 is 11.3 Å². The first-order chi connectivity index (χ1) is 16.3. The molecule has 146 valence electrons. The van der Waals surface area contributed by atoms with Gasteiger partial charge in [-0.15, -0.1) is 11.3 Å². The first-order valence-corrected chi connectivity index (χ1v) is 10.3. The van der Waals surface area contributed by atoms with Gasteiger partial charge in [-0.25, -0.2) is 0 Å². The van der Waals surface area contributed by atoms with E-state index in [2.05, 4.69) is 4.98 Å². The van der Waals surface area contributed by atoms with Gasteiger partial charge in [-0.1, -0.05) is 25.2 Å². The van der Waals surface area contributed by atoms with Crippen LogP contribution in [0.3, 0.4) is 0 Å². The lowest BCUT2D eigenvalue weighted by Gasteiger charge is -2.46. The van der Waals surface area contributed by atoms with Crippen molar-refractivity contribution in [3.05, 3.63) is 46.4 Å². The van der Waals surface area contributed by atoms with E-state index >= 15 is 0 Å². The van der Waals surface area contributed by atoms with E-state index in [0.29, 0.717) is 18.5 Å². The third kappa shape index (κ3) is 4.07. The molecule has 4 rings (SSSR count). The summed E-state index contributed by atoms with van der Waals surface area (Å²) >= 11 is 1.63. The molecule has 1 spiro atoms. The van der Waals surface area contributed by atoms with E-state index in [1.165, 1.54) is 0 Å². The second kappa shape index (κ2) is 8.32. The van der Waals surface area contributed by atoms with Gasteiger partial charge >= 0.3 is 0 Å². The molecule has 2 fully saturated rings. The number of methoxy groups -OCH3 is 1. The average Bonchev–Trinajstić information content (AvgIpc) is 3.30. The molecule has 0 unspecified atom stereocenters. The van der Waals surface area contributed by atoms with Gasteiger partial charge in [0.25, 0.3) is 0 Å². The number of pyridine rings is 1. The summed E-state index contributed by atoms with van der Waals surface area (Å²) in [5.41, 5.74) is -2.41. The Morgan fingerprint density at radius 1 is 1.26 bits per heavy atom. The number of nitrogens with zero attached hydrogens (tertiary/aromatic N) is 1. The normalized spacial score (nSPS) is 36.2. The van der Waals surface area contributed by atoms with Gasteiger partial charge in [-0.3, -0.25) is 4.98 Å². The van der Waals surface area contributed by atoms with E-state index < -0.39 is 36.5 Å². The van der Waals surface area contributed by atoms with E-state index in [0.717, 1.165) is 29.9 Å². The molecule has 1 saturated carbocycles. The predicted octanol–water partition coefficient (Wildman–Crippen LogP) is 5.93. The van der Waals surface area contributed by atoms with Crippen LogP contribution in [0.15, 0.2) is 35.8 Å². The van der Waals surface area contributed by atoms with E-state index in [9.17, 15) is 0 Å². The molecule has 2 aromatic heterocycles. The fraction of sp³-hybridized carbons (Fsp3) is 0.609. The molecule has 2 aromatic rings. The van der Waals surface area contributed by atoms with Crippen molar-refractivity contribution in [2.45, 2.75) is 75.0 Å². The highest BCUT2D eigenvalue weighted by Gasteiger charge is 2.48. The van der Waals surface area contributed by atoms with Crippen LogP contribution in [-0.4, -0.2) is 24.3 Å². The Balaban J connectivity index is 1.68. The number of thiophene rings is 1. The molecule has 0 amide bonds. The topological polar surface area (TPSA) is 31.4 Å². The van der Waals surface area contributed by atoms with Gasteiger partial charge in [0.1, 0.15) is 5.75 Å². The van der Waals surface area contributed by atoms with Crippen molar-refractivity contribution < 1.29 is 20.4 Å². The largest absolute Gasteiger partial charge is 0.496 e. The van der Waals surface area contributed by atoms with Gasteiger partial charge in [-0.2, -0.15) is 0 Å². The van der Waals surface area contributed by atoms with Crippen molar-refractivity contribution in [1.82, 2.24) is 4.98 Å². The van der Waals surface area contributed by atoms with Crippen molar-refractivity contribution in [1.29, 1.82) is 0 Å². The Morgan fingerprint density at radius 3 is 2.93 bits per heavy atom. The summed E-state index contributed by atoms with van der Waals surface area (Å²) in [6.45, 7) is -0.0134.